The van der Waals surface area contributed by atoms with Gasteiger partial charge in [-0.1, -0.05) is 26.7 Å². The lowest BCUT2D eigenvalue weighted by molar-refractivity contribution is -0.131. The van der Waals surface area contributed by atoms with Gasteiger partial charge < -0.3 is 24.4 Å². The highest BCUT2D eigenvalue weighted by molar-refractivity contribution is 6.01. The second kappa shape index (κ2) is 12.6. The Bertz CT molecular complexity index is 1230. The summed E-state index contributed by atoms with van der Waals surface area (Å²) in [7, 11) is 0. The van der Waals surface area contributed by atoms with E-state index in [9.17, 15) is 19.5 Å². The molecular formula is C30H36O8. The molecule has 0 radical (unpaired) electrons. The number of Topliss-reactive ketones (excluding diaryl/α,β-unsaturated/α-hetero) is 2. The highest BCUT2D eigenvalue weighted by atomic mass is 16.5. The zero-order chi connectivity index (χ0) is 27.9. The maximum absolute atomic E-state index is 12.8. The number of carboxylic acid groups (broad SMARTS) is 1. The smallest absolute Gasteiger partial charge is 0.328 e. The maximum atomic E-state index is 12.8. The van der Waals surface area contributed by atoms with Crippen molar-refractivity contribution in [2.75, 3.05) is 13.2 Å². The molecule has 0 fully saturated rings. The molecule has 1 aliphatic rings. The van der Waals surface area contributed by atoms with Crippen LogP contribution in [-0.2, 0) is 17.6 Å². The summed E-state index contributed by atoms with van der Waals surface area (Å²) in [6, 6.07) is 6.77. The number of aromatic hydroxyl groups is 1. The number of hydrogen-bond donors (Lipinski definition) is 2. The van der Waals surface area contributed by atoms with Crippen LogP contribution in [0.5, 0.6) is 23.0 Å². The monoisotopic (exact) mass is 524 g/mol. The minimum Gasteiger partial charge on any atom is -0.507 e. The topological polar surface area (TPSA) is 119 Å². The molecule has 8 nitrogen and oxygen atoms in total. The van der Waals surface area contributed by atoms with Gasteiger partial charge in [-0.2, -0.15) is 0 Å². The molecule has 0 saturated carbocycles. The number of phenols is 1. The average Bonchev–Trinajstić information content (AvgIpc) is 2.85. The number of ether oxygens (including phenoxy) is 3. The standard InChI is InChI=1S/C30H36O8/c1-5-8-22-25(12-10-20(19(3)31)28(22)35)36-16-7-17-37-26-13-11-21-24(32)18-30(4,15-14-27(33)34)38-29(21)23(26)9-6-2/h10-15,35H,5-9,16-18H2,1-4H3,(H,33,34). The minimum atomic E-state index is -1.10. The zero-order valence-corrected chi connectivity index (χ0v) is 22.5. The van der Waals surface area contributed by atoms with Gasteiger partial charge in [-0.05, 0) is 57.0 Å². The van der Waals surface area contributed by atoms with Crippen LogP contribution in [0.25, 0.3) is 0 Å². The molecule has 0 aliphatic carbocycles. The van der Waals surface area contributed by atoms with Crippen molar-refractivity contribution in [2.45, 2.75) is 71.8 Å². The Kier molecular flexibility index (Phi) is 9.55. The second-order valence-electron chi connectivity index (χ2n) is 9.65. The van der Waals surface area contributed by atoms with Gasteiger partial charge in [-0.3, -0.25) is 9.59 Å². The van der Waals surface area contributed by atoms with E-state index in [2.05, 4.69) is 0 Å². The molecule has 38 heavy (non-hydrogen) atoms. The van der Waals surface area contributed by atoms with E-state index >= 15 is 0 Å². The summed E-state index contributed by atoms with van der Waals surface area (Å²) in [5.41, 5.74) is 1.11. The van der Waals surface area contributed by atoms with Crippen molar-refractivity contribution in [2.24, 2.45) is 0 Å². The number of ketones is 2. The van der Waals surface area contributed by atoms with Crippen molar-refractivity contribution in [1.29, 1.82) is 0 Å². The molecule has 8 heteroatoms. The molecule has 204 valence electrons. The molecule has 2 aromatic rings. The number of hydrogen-bond acceptors (Lipinski definition) is 7. The normalized spacial score (nSPS) is 16.7. The van der Waals surface area contributed by atoms with Gasteiger partial charge in [0.05, 0.1) is 30.8 Å². The van der Waals surface area contributed by atoms with Crippen LogP contribution < -0.4 is 14.2 Å². The van der Waals surface area contributed by atoms with E-state index < -0.39 is 11.6 Å². The predicted molar refractivity (Wildman–Crippen MR) is 143 cm³/mol. The van der Waals surface area contributed by atoms with Gasteiger partial charge in [-0.15, -0.1) is 0 Å². The fourth-order valence-electron chi connectivity index (χ4n) is 4.54. The third-order valence-corrected chi connectivity index (χ3v) is 6.37. The van der Waals surface area contributed by atoms with Gasteiger partial charge >= 0.3 is 5.97 Å². The maximum Gasteiger partial charge on any atom is 0.328 e. The van der Waals surface area contributed by atoms with Gasteiger partial charge in [-0.25, -0.2) is 4.79 Å². The Morgan fingerprint density at radius 2 is 1.63 bits per heavy atom. The Morgan fingerprint density at radius 3 is 2.24 bits per heavy atom. The number of rotatable bonds is 13. The first-order valence-electron chi connectivity index (χ1n) is 13.0. The average molecular weight is 525 g/mol. The number of carbonyl (C=O) groups is 3. The van der Waals surface area contributed by atoms with Crippen molar-refractivity contribution in [3.8, 4) is 23.0 Å². The SMILES string of the molecule is CCCc1c(OCCCOc2ccc3c(c2CCC)OC(C)(C=CC(=O)O)CC3=O)ccc(C(C)=O)c1O. The second-order valence-corrected chi connectivity index (χ2v) is 9.65. The molecule has 1 aliphatic heterocycles. The first-order valence-corrected chi connectivity index (χ1v) is 13.0. The van der Waals surface area contributed by atoms with E-state index in [4.69, 9.17) is 19.3 Å². The molecule has 0 saturated heterocycles. The van der Waals surface area contributed by atoms with E-state index in [0.717, 1.165) is 24.5 Å². The van der Waals surface area contributed by atoms with Crippen molar-refractivity contribution < 1.29 is 38.8 Å². The molecule has 0 amide bonds. The number of fused-ring (bicyclic) bond motifs is 1. The van der Waals surface area contributed by atoms with Crippen LogP contribution in [-0.4, -0.2) is 46.6 Å². The van der Waals surface area contributed by atoms with Crippen LogP contribution in [0.4, 0.5) is 0 Å². The van der Waals surface area contributed by atoms with E-state index in [1.807, 2.05) is 13.8 Å². The first kappa shape index (κ1) is 28.8. The van der Waals surface area contributed by atoms with Crippen LogP contribution in [0.2, 0.25) is 0 Å². The van der Waals surface area contributed by atoms with Crippen molar-refractivity contribution >= 4 is 17.5 Å². The highest BCUT2D eigenvalue weighted by Gasteiger charge is 2.36. The van der Waals surface area contributed by atoms with Gasteiger partial charge in [0.15, 0.2) is 11.6 Å². The van der Waals surface area contributed by atoms with Gasteiger partial charge in [0.25, 0.3) is 0 Å². The zero-order valence-electron chi connectivity index (χ0n) is 22.5. The van der Waals surface area contributed by atoms with E-state index in [0.29, 0.717) is 60.9 Å². The lowest BCUT2D eigenvalue weighted by Crippen LogP contribution is -2.38. The summed E-state index contributed by atoms with van der Waals surface area (Å²) in [5.74, 6) is 0.175. The van der Waals surface area contributed by atoms with Gasteiger partial charge in [0.1, 0.15) is 28.6 Å². The van der Waals surface area contributed by atoms with E-state index in [1.54, 1.807) is 31.2 Å². The molecule has 0 spiro atoms. The Balaban J connectivity index is 1.71. The number of carboxylic acids is 1. The fraction of sp³-hybridized carbons (Fsp3) is 0.433. The lowest BCUT2D eigenvalue weighted by atomic mass is 9.89. The summed E-state index contributed by atoms with van der Waals surface area (Å²) >= 11 is 0. The third kappa shape index (κ3) is 6.73. The fourth-order valence-corrected chi connectivity index (χ4v) is 4.54. The minimum absolute atomic E-state index is 0.0221. The summed E-state index contributed by atoms with van der Waals surface area (Å²) < 4.78 is 18.2. The van der Waals surface area contributed by atoms with E-state index in [-0.39, 0.29) is 29.3 Å². The van der Waals surface area contributed by atoms with Crippen LogP contribution in [0.15, 0.2) is 36.4 Å². The van der Waals surface area contributed by atoms with Crippen LogP contribution in [0.3, 0.4) is 0 Å². The Hall–Kier alpha value is -3.81. The predicted octanol–water partition coefficient (Wildman–Crippen LogP) is 5.71. The summed E-state index contributed by atoms with van der Waals surface area (Å²) in [4.78, 5) is 35.6. The number of carbonyl (C=O) groups excluding carboxylic acids is 2. The number of aliphatic carboxylic acids is 1. The van der Waals surface area contributed by atoms with Crippen LogP contribution in [0.1, 0.15) is 85.2 Å². The Labute approximate surface area is 223 Å². The van der Waals surface area contributed by atoms with E-state index in [1.165, 1.54) is 13.0 Å². The van der Waals surface area contributed by atoms with Crippen LogP contribution in [0, 0.1) is 0 Å². The molecule has 0 aromatic heterocycles. The molecule has 1 unspecified atom stereocenters. The molecule has 1 atom stereocenters. The lowest BCUT2D eigenvalue weighted by Gasteiger charge is -2.34. The molecule has 0 bridgehead atoms. The quantitative estimate of drug-likeness (QED) is 0.194. The number of phenolic OH excluding ortho intramolecular Hbond substituents is 1. The third-order valence-electron chi connectivity index (χ3n) is 6.37. The Morgan fingerprint density at radius 1 is 1.03 bits per heavy atom. The molecular weight excluding hydrogens is 488 g/mol. The summed E-state index contributed by atoms with van der Waals surface area (Å²) in [5, 5.41) is 19.5. The molecule has 1 heterocycles. The first-order chi connectivity index (χ1) is 18.1. The van der Waals surface area contributed by atoms with Crippen LogP contribution >= 0.6 is 0 Å². The van der Waals surface area contributed by atoms with Crippen molar-refractivity contribution in [1.82, 2.24) is 0 Å². The highest BCUT2D eigenvalue weighted by Crippen LogP contribution is 2.41. The molecule has 2 N–H and O–H groups in total. The summed E-state index contributed by atoms with van der Waals surface area (Å²) in [6.45, 7) is 7.82. The summed E-state index contributed by atoms with van der Waals surface area (Å²) in [6.07, 6.45) is 5.83. The van der Waals surface area contributed by atoms with Crippen molar-refractivity contribution in [3.63, 3.8) is 0 Å². The largest absolute Gasteiger partial charge is 0.507 e. The molecule has 2 aromatic carbocycles. The molecule has 3 rings (SSSR count). The van der Waals surface area contributed by atoms with Crippen molar-refractivity contribution in [3.05, 3.63) is 58.7 Å². The number of benzene rings is 2. The van der Waals surface area contributed by atoms with Gasteiger partial charge in [0.2, 0.25) is 0 Å². The van der Waals surface area contributed by atoms with Gasteiger partial charge in [0, 0.05) is 23.6 Å².